The summed E-state index contributed by atoms with van der Waals surface area (Å²) in [6, 6.07) is 11.2. The fourth-order valence-electron chi connectivity index (χ4n) is 2.27. The van der Waals surface area contributed by atoms with Crippen molar-refractivity contribution < 1.29 is 24.0 Å². The zero-order valence-corrected chi connectivity index (χ0v) is 16.6. The summed E-state index contributed by atoms with van der Waals surface area (Å²) in [5.74, 6) is -1.31. The summed E-state index contributed by atoms with van der Waals surface area (Å²) in [6.45, 7) is 6.82. The highest BCUT2D eigenvalue weighted by molar-refractivity contribution is 6.02. The van der Waals surface area contributed by atoms with Gasteiger partial charge in [0.2, 0.25) is 11.7 Å². The van der Waals surface area contributed by atoms with Crippen LogP contribution in [0, 0.1) is 15.5 Å². The Labute approximate surface area is 168 Å². The number of amides is 1. The van der Waals surface area contributed by atoms with E-state index in [0.717, 1.165) is 0 Å². The van der Waals surface area contributed by atoms with Crippen molar-refractivity contribution >= 4 is 29.0 Å². The Morgan fingerprint density at radius 3 is 1.97 bits per heavy atom. The van der Waals surface area contributed by atoms with Gasteiger partial charge >= 0.3 is 5.97 Å². The lowest BCUT2D eigenvalue weighted by Gasteiger charge is -2.18. The predicted octanol–water partition coefficient (Wildman–Crippen LogP) is 4.01. The number of hydrogen-bond donors (Lipinski definition) is 1. The molecule has 2 aromatic rings. The van der Waals surface area contributed by atoms with E-state index in [1.165, 1.54) is 43.3 Å². The van der Waals surface area contributed by atoms with Gasteiger partial charge in [-0.1, -0.05) is 20.8 Å². The SMILES string of the molecule is C[C@H](OC(=O)c1ccc([N+](=O)[O-])cc1)C(=O)c1ccc(NC(=O)C(C)(C)C)cc1. The monoisotopic (exact) mass is 398 g/mol. The first kappa shape index (κ1) is 21.7. The van der Waals surface area contributed by atoms with Gasteiger partial charge in [-0.25, -0.2) is 4.79 Å². The molecule has 29 heavy (non-hydrogen) atoms. The summed E-state index contributed by atoms with van der Waals surface area (Å²) >= 11 is 0. The van der Waals surface area contributed by atoms with Crippen molar-refractivity contribution in [1.82, 2.24) is 0 Å². The minimum atomic E-state index is -1.05. The molecule has 0 bridgehead atoms. The average molecular weight is 398 g/mol. The molecule has 0 fully saturated rings. The van der Waals surface area contributed by atoms with E-state index >= 15 is 0 Å². The molecule has 8 nitrogen and oxygen atoms in total. The van der Waals surface area contributed by atoms with Crippen molar-refractivity contribution in [3.8, 4) is 0 Å². The second-order valence-electron chi connectivity index (χ2n) is 7.50. The number of carbonyl (C=O) groups excluding carboxylic acids is 3. The number of Topliss-reactive ketones (excluding diaryl/α,β-unsaturated/α-hetero) is 1. The molecule has 0 saturated carbocycles. The quantitative estimate of drug-likeness (QED) is 0.340. The minimum Gasteiger partial charge on any atom is -0.451 e. The number of hydrogen-bond acceptors (Lipinski definition) is 6. The standard InChI is InChI=1S/C21H22N2O6/c1-13(29-19(25)15-7-11-17(12-8-15)23(27)28)18(24)14-5-9-16(10-6-14)22-20(26)21(2,3)4/h5-13H,1-4H3,(H,22,26)/t13-/m0/s1. The van der Waals surface area contributed by atoms with Crippen molar-refractivity contribution in [2.24, 2.45) is 5.41 Å². The summed E-state index contributed by atoms with van der Waals surface area (Å²) in [5.41, 5.74) is 0.286. The van der Waals surface area contributed by atoms with Crippen LogP contribution in [0.2, 0.25) is 0 Å². The normalized spacial score (nSPS) is 12.0. The number of anilines is 1. The average Bonchev–Trinajstić information content (AvgIpc) is 2.67. The molecule has 8 heteroatoms. The summed E-state index contributed by atoms with van der Waals surface area (Å²) in [6.07, 6.45) is -1.05. The van der Waals surface area contributed by atoms with Crippen molar-refractivity contribution in [2.45, 2.75) is 33.8 Å². The Balaban J connectivity index is 2.01. The highest BCUT2D eigenvalue weighted by Crippen LogP contribution is 2.19. The molecular weight excluding hydrogens is 376 g/mol. The number of nitro groups is 1. The van der Waals surface area contributed by atoms with Gasteiger partial charge in [0.1, 0.15) is 0 Å². The molecule has 2 aromatic carbocycles. The van der Waals surface area contributed by atoms with E-state index in [0.29, 0.717) is 11.3 Å². The van der Waals surface area contributed by atoms with Crippen LogP contribution in [0.3, 0.4) is 0 Å². The van der Waals surface area contributed by atoms with Gasteiger partial charge in [0.05, 0.1) is 10.5 Å². The molecule has 1 N–H and O–H groups in total. The fraction of sp³-hybridized carbons (Fsp3) is 0.286. The molecule has 0 aliphatic rings. The van der Waals surface area contributed by atoms with E-state index in [1.54, 1.807) is 32.9 Å². The van der Waals surface area contributed by atoms with Crippen LogP contribution >= 0.6 is 0 Å². The third-order valence-corrected chi connectivity index (χ3v) is 4.08. The van der Waals surface area contributed by atoms with E-state index in [4.69, 9.17) is 4.74 Å². The van der Waals surface area contributed by atoms with Crippen LogP contribution in [0.4, 0.5) is 11.4 Å². The molecule has 0 spiro atoms. The summed E-state index contributed by atoms with van der Waals surface area (Å²) in [7, 11) is 0. The van der Waals surface area contributed by atoms with Crippen LogP contribution in [0.5, 0.6) is 0 Å². The van der Waals surface area contributed by atoms with Crippen molar-refractivity contribution in [1.29, 1.82) is 0 Å². The lowest BCUT2D eigenvalue weighted by molar-refractivity contribution is -0.384. The zero-order chi connectivity index (χ0) is 21.8. The Hall–Kier alpha value is -3.55. The highest BCUT2D eigenvalue weighted by atomic mass is 16.6. The molecule has 2 rings (SSSR count). The zero-order valence-electron chi connectivity index (χ0n) is 16.6. The second-order valence-corrected chi connectivity index (χ2v) is 7.50. The Bertz CT molecular complexity index is 927. The third kappa shape index (κ3) is 5.71. The molecule has 0 heterocycles. The summed E-state index contributed by atoms with van der Waals surface area (Å²) < 4.78 is 5.16. The van der Waals surface area contributed by atoms with E-state index in [-0.39, 0.29) is 17.2 Å². The first-order valence-electron chi connectivity index (χ1n) is 8.90. The molecule has 152 valence electrons. The number of esters is 1. The second kappa shape index (κ2) is 8.64. The fourth-order valence-corrected chi connectivity index (χ4v) is 2.27. The molecule has 0 saturated heterocycles. The van der Waals surface area contributed by atoms with Crippen LogP contribution in [0.25, 0.3) is 0 Å². The third-order valence-electron chi connectivity index (χ3n) is 4.08. The van der Waals surface area contributed by atoms with E-state index in [2.05, 4.69) is 5.32 Å². The predicted molar refractivity (Wildman–Crippen MR) is 107 cm³/mol. The van der Waals surface area contributed by atoms with Gasteiger partial charge in [0, 0.05) is 28.8 Å². The first-order valence-corrected chi connectivity index (χ1v) is 8.90. The number of rotatable bonds is 6. The van der Waals surface area contributed by atoms with Gasteiger partial charge in [-0.3, -0.25) is 19.7 Å². The number of ketones is 1. The minimum absolute atomic E-state index is 0.107. The first-order chi connectivity index (χ1) is 13.5. The van der Waals surface area contributed by atoms with E-state index in [9.17, 15) is 24.5 Å². The maximum atomic E-state index is 12.5. The van der Waals surface area contributed by atoms with Gasteiger partial charge < -0.3 is 10.1 Å². The number of nitro benzene ring substituents is 1. The smallest absolute Gasteiger partial charge is 0.338 e. The Kier molecular flexibility index (Phi) is 6.48. The van der Waals surface area contributed by atoms with Gasteiger partial charge in [-0.2, -0.15) is 0 Å². The molecule has 0 aliphatic heterocycles. The molecule has 0 radical (unpaired) electrons. The Morgan fingerprint density at radius 1 is 0.966 bits per heavy atom. The lowest BCUT2D eigenvalue weighted by atomic mass is 9.95. The lowest BCUT2D eigenvalue weighted by Crippen LogP contribution is -2.27. The molecule has 1 atom stereocenters. The van der Waals surface area contributed by atoms with E-state index < -0.39 is 28.2 Å². The number of carbonyl (C=O) groups is 3. The summed E-state index contributed by atoms with van der Waals surface area (Å²) in [5, 5.41) is 13.4. The van der Waals surface area contributed by atoms with Gasteiger partial charge in [-0.05, 0) is 43.3 Å². The number of nitrogens with one attached hydrogen (secondary N) is 1. The Morgan fingerprint density at radius 2 is 1.48 bits per heavy atom. The topological polar surface area (TPSA) is 116 Å². The number of benzene rings is 2. The van der Waals surface area contributed by atoms with Crippen LogP contribution in [-0.4, -0.2) is 28.7 Å². The maximum absolute atomic E-state index is 12.5. The molecule has 0 aromatic heterocycles. The number of non-ortho nitro benzene ring substituents is 1. The van der Waals surface area contributed by atoms with Crippen molar-refractivity contribution in [3.05, 3.63) is 69.8 Å². The van der Waals surface area contributed by atoms with Crippen LogP contribution in [0.1, 0.15) is 48.4 Å². The van der Waals surface area contributed by atoms with Gasteiger partial charge in [0.25, 0.3) is 5.69 Å². The van der Waals surface area contributed by atoms with Crippen LogP contribution in [-0.2, 0) is 9.53 Å². The van der Waals surface area contributed by atoms with Gasteiger partial charge in [-0.15, -0.1) is 0 Å². The summed E-state index contributed by atoms with van der Waals surface area (Å²) in [4.78, 5) is 46.7. The number of ether oxygens (including phenoxy) is 1. The largest absolute Gasteiger partial charge is 0.451 e. The molecule has 1 amide bonds. The van der Waals surface area contributed by atoms with Gasteiger partial charge in [0.15, 0.2) is 6.10 Å². The van der Waals surface area contributed by atoms with Crippen molar-refractivity contribution in [2.75, 3.05) is 5.32 Å². The molecule has 0 unspecified atom stereocenters. The van der Waals surface area contributed by atoms with Crippen molar-refractivity contribution in [3.63, 3.8) is 0 Å². The highest BCUT2D eigenvalue weighted by Gasteiger charge is 2.23. The number of nitrogens with zero attached hydrogens (tertiary/aromatic N) is 1. The van der Waals surface area contributed by atoms with E-state index in [1.807, 2.05) is 0 Å². The van der Waals surface area contributed by atoms with Crippen LogP contribution in [0.15, 0.2) is 48.5 Å². The van der Waals surface area contributed by atoms with Crippen LogP contribution < -0.4 is 5.32 Å². The molecular formula is C21H22N2O6. The molecule has 0 aliphatic carbocycles. The maximum Gasteiger partial charge on any atom is 0.338 e.